The Bertz CT molecular complexity index is 520. The molecular formula is C14H12ClNS. The van der Waals surface area contributed by atoms with E-state index in [4.69, 9.17) is 11.6 Å². The van der Waals surface area contributed by atoms with E-state index in [1.807, 2.05) is 17.4 Å². The lowest BCUT2D eigenvalue weighted by Crippen LogP contribution is -2.29. The summed E-state index contributed by atoms with van der Waals surface area (Å²) >= 11 is 8.02. The minimum absolute atomic E-state index is 0.792. The third kappa shape index (κ3) is 2.32. The summed E-state index contributed by atoms with van der Waals surface area (Å²) in [5.74, 6) is 0. The molecule has 2 aromatic rings. The molecule has 0 N–H and O–H groups in total. The van der Waals surface area contributed by atoms with Gasteiger partial charge in [0.15, 0.2) is 0 Å². The highest BCUT2D eigenvalue weighted by Crippen LogP contribution is 2.25. The highest BCUT2D eigenvalue weighted by atomic mass is 35.5. The molecule has 2 heterocycles. The zero-order valence-corrected chi connectivity index (χ0v) is 10.9. The first-order valence-electron chi connectivity index (χ1n) is 5.67. The molecule has 0 bridgehead atoms. The lowest BCUT2D eigenvalue weighted by molar-refractivity contribution is 0.247. The van der Waals surface area contributed by atoms with Gasteiger partial charge in [0.05, 0.1) is 5.02 Å². The Hall–Kier alpha value is -1.01. The van der Waals surface area contributed by atoms with Crippen molar-refractivity contribution in [3.05, 3.63) is 56.7 Å². The van der Waals surface area contributed by atoms with Crippen molar-refractivity contribution >= 4 is 22.9 Å². The Balaban J connectivity index is 1.74. The average Bonchev–Trinajstić information content (AvgIpc) is 2.79. The van der Waals surface area contributed by atoms with Gasteiger partial charge in [0.2, 0.25) is 0 Å². The highest BCUT2D eigenvalue weighted by Gasteiger charge is 2.17. The second-order valence-corrected chi connectivity index (χ2v) is 5.67. The van der Waals surface area contributed by atoms with Crippen LogP contribution in [0.4, 0.5) is 0 Å². The van der Waals surface area contributed by atoms with Gasteiger partial charge in [-0.2, -0.15) is 0 Å². The monoisotopic (exact) mass is 261 g/mol. The van der Waals surface area contributed by atoms with E-state index in [1.165, 1.54) is 10.4 Å². The van der Waals surface area contributed by atoms with Crippen molar-refractivity contribution in [1.29, 1.82) is 0 Å². The van der Waals surface area contributed by atoms with E-state index in [1.54, 1.807) is 6.07 Å². The summed E-state index contributed by atoms with van der Waals surface area (Å²) in [6.07, 6.45) is 1.15. The normalized spacial score (nSPS) is 15.4. The van der Waals surface area contributed by atoms with Gasteiger partial charge in [-0.25, -0.2) is 0 Å². The molecule has 1 aromatic carbocycles. The van der Waals surface area contributed by atoms with Crippen LogP contribution in [0.3, 0.4) is 0 Å². The third-order valence-corrected chi connectivity index (χ3v) is 4.47. The molecule has 3 heteroatoms. The molecule has 1 aliphatic heterocycles. The van der Waals surface area contributed by atoms with E-state index < -0.39 is 0 Å². The minimum Gasteiger partial charge on any atom is -0.294 e. The van der Waals surface area contributed by atoms with Crippen molar-refractivity contribution in [2.24, 2.45) is 0 Å². The van der Waals surface area contributed by atoms with Crippen LogP contribution in [0.2, 0.25) is 5.02 Å². The van der Waals surface area contributed by atoms with Crippen LogP contribution in [-0.4, -0.2) is 11.4 Å². The van der Waals surface area contributed by atoms with Gasteiger partial charge in [-0.3, -0.25) is 4.90 Å². The molecule has 17 heavy (non-hydrogen) atoms. The summed E-state index contributed by atoms with van der Waals surface area (Å²) in [6, 6.07) is 12.0. The fraction of sp³-hybridized carbons (Fsp3) is 0.286. The quantitative estimate of drug-likeness (QED) is 0.799. The van der Waals surface area contributed by atoms with Gasteiger partial charge >= 0.3 is 0 Å². The second-order valence-electron chi connectivity index (χ2n) is 4.26. The number of fused-ring (bicyclic) bond motifs is 1. The number of rotatable bonds is 2. The zero-order chi connectivity index (χ0) is 11.7. The number of hydrogen-bond acceptors (Lipinski definition) is 2. The maximum absolute atomic E-state index is 6.15. The number of nitrogens with zero attached hydrogens (tertiary/aromatic N) is 1. The molecule has 0 aliphatic carbocycles. The van der Waals surface area contributed by atoms with E-state index >= 15 is 0 Å². The fourth-order valence-corrected chi connectivity index (χ4v) is 3.24. The maximum atomic E-state index is 6.15. The van der Waals surface area contributed by atoms with Crippen molar-refractivity contribution in [2.75, 3.05) is 6.54 Å². The van der Waals surface area contributed by atoms with Crippen LogP contribution in [0.5, 0.6) is 0 Å². The van der Waals surface area contributed by atoms with Crippen molar-refractivity contribution < 1.29 is 0 Å². The number of hydrogen-bond donors (Lipinski definition) is 0. The van der Waals surface area contributed by atoms with Crippen LogP contribution in [0.15, 0.2) is 23.6 Å². The number of thiophene rings is 1. The van der Waals surface area contributed by atoms with Gasteiger partial charge < -0.3 is 0 Å². The molecule has 0 amide bonds. The van der Waals surface area contributed by atoms with Gasteiger partial charge in [-0.05, 0) is 35.6 Å². The molecule has 3 rings (SSSR count). The van der Waals surface area contributed by atoms with E-state index in [-0.39, 0.29) is 0 Å². The van der Waals surface area contributed by atoms with Crippen molar-refractivity contribution in [1.82, 2.24) is 4.90 Å². The van der Waals surface area contributed by atoms with E-state index in [9.17, 15) is 0 Å². The standard InChI is InChI=1S/C14H12ClNS/c15-13-4-2-1-3-11(13)9-16-7-5-14-12(10-16)6-8-17-14/h2,4,6,8H,5,7,9-10H2. The summed E-state index contributed by atoms with van der Waals surface area (Å²) in [6.45, 7) is 3.00. The molecule has 0 fully saturated rings. The van der Waals surface area contributed by atoms with Crippen molar-refractivity contribution in [3.63, 3.8) is 0 Å². The predicted molar refractivity (Wildman–Crippen MR) is 71.3 cm³/mol. The van der Waals surface area contributed by atoms with Gasteiger partial charge in [-0.1, -0.05) is 23.7 Å². The summed E-state index contributed by atoms with van der Waals surface area (Å²) in [5, 5.41) is 2.98. The summed E-state index contributed by atoms with van der Waals surface area (Å²) < 4.78 is 0. The van der Waals surface area contributed by atoms with Crippen molar-refractivity contribution in [3.8, 4) is 0 Å². The molecule has 86 valence electrons. The zero-order valence-electron chi connectivity index (χ0n) is 9.37. The SMILES string of the molecule is Clc1ccc#cc1CN1CCc2sccc2C1. The molecule has 1 aliphatic rings. The van der Waals surface area contributed by atoms with Gasteiger partial charge in [0.1, 0.15) is 0 Å². The molecule has 0 unspecified atom stereocenters. The molecule has 0 radical (unpaired) electrons. The van der Waals surface area contributed by atoms with Gasteiger partial charge in [0.25, 0.3) is 0 Å². The smallest absolute Gasteiger partial charge is 0.0541 e. The Morgan fingerprint density at radius 2 is 2.35 bits per heavy atom. The summed E-state index contributed by atoms with van der Waals surface area (Å²) in [7, 11) is 0. The van der Waals surface area contributed by atoms with Crippen LogP contribution in [0.1, 0.15) is 16.0 Å². The summed E-state index contributed by atoms with van der Waals surface area (Å²) in [4.78, 5) is 3.96. The Morgan fingerprint density at radius 1 is 1.41 bits per heavy atom. The Morgan fingerprint density at radius 3 is 3.24 bits per heavy atom. The predicted octanol–water partition coefficient (Wildman–Crippen LogP) is 3.56. The number of halogens is 1. The second kappa shape index (κ2) is 4.70. The molecule has 0 saturated heterocycles. The van der Waals surface area contributed by atoms with Gasteiger partial charge in [-0.15, -0.1) is 11.3 Å². The molecule has 1 nitrogen and oxygen atoms in total. The Labute approximate surface area is 111 Å². The highest BCUT2D eigenvalue weighted by molar-refractivity contribution is 7.10. The molecular weight excluding hydrogens is 250 g/mol. The van der Waals surface area contributed by atoms with Gasteiger partial charge in [0, 0.05) is 30.1 Å². The molecule has 0 atom stereocenters. The molecule has 0 saturated carbocycles. The largest absolute Gasteiger partial charge is 0.294 e. The first-order chi connectivity index (χ1) is 8.33. The minimum atomic E-state index is 0.792. The van der Waals surface area contributed by atoms with E-state index in [0.29, 0.717) is 0 Å². The Kier molecular flexibility index (Phi) is 3.07. The van der Waals surface area contributed by atoms with Crippen LogP contribution in [0, 0.1) is 12.1 Å². The summed E-state index contributed by atoms with van der Waals surface area (Å²) in [5.41, 5.74) is 2.52. The van der Waals surface area contributed by atoms with E-state index in [2.05, 4.69) is 28.5 Å². The first-order valence-corrected chi connectivity index (χ1v) is 6.93. The van der Waals surface area contributed by atoms with Crippen LogP contribution in [-0.2, 0) is 19.5 Å². The van der Waals surface area contributed by atoms with E-state index in [0.717, 1.165) is 36.6 Å². The third-order valence-electron chi connectivity index (χ3n) is 3.09. The fourth-order valence-electron chi connectivity index (χ4n) is 2.18. The lowest BCUT2D eigenvalue weighted by Gasteiger charge is -2.26. The van der Waals surface area contributed by atoms with Crippen LogP contribution < -0.4 is 0 Å². The average molecular weight is 262 g/mol. The molecule has 1 aromatic heterocycles. The first kappa shape index (κ1) is 11.1. The van der Waals surface area contributed by atoms with Crippen LogP contribution >= 0.6 is 22.9 Å². The lowest BCUT2D eigenvalue weighted by atomic mass is 10.1. The van der Waals surface area contributed by atoms with Crippen LogP contribution in [0.25, 0.3) is 0 Å². The maximum Gasteiger partial charge on any atom is 0.0541 e. The molecule has 0 spiro atoms. The van der Waals surface area contributed by atoms with Crippen molar-refractivity contribution in [2.45, 2.75) is 19.5 Å². The topological polar surface area (TPSA) is 3.24 Å².